The lowest BCUT2D eigenvalue weighted by molar-refractivity contribution is 0.262. The van der Waals surface area contributed by atoms with E-state index in [1.165, 1.54) is 11.9 Å². The lowest BCUT2D eigenvalue weighted by Gasteiger charge is -2.11. The number of carbonyl (C=O) groups excluding carboxylic acids is 1. The molecule has 0 radical (unpaired) electrons. The highest BCUT2D eigenvalue weighted by Gasteiger charge is 2.10. The van der Waals surface area contributed by atoms with Crippen molar-refractivity contribution in [1.29, 1.82) is 0 Å². The van der Waals surface area contributed by atoms with E-state index < -0.39 is 6.03 Å². The maximum atomic E-state index is 12.2. The summed E-state index contributed by atoms with van der Waals surface area (Å²) < 4.78 is 0. The first-order valence-corrected chi connectivity index (χ1v) is 9.01. The van der Waals surface area contributed by atoms with Crippen molar-refractivity contribution in [2.75, 3.05) is 16.0 Å². The van der Waals surface area contributed by atoms with Gasteiger partial charge in [-0.15, -0.1) is 0 Å². The van der Waals surface area contributed by atoms with Crippen LogP contribution in [0.15, 0.2) is 54.9 Å². The molecule has 0 fully saturated rings. The summed E-state index contributed by atoms with van der Waals surface area (Å²) in [6.07, 6.45) is 2.34. The van der Waals surface area contributed by atoms with E-state index in [1.807, 2.05) is 24.3 Å². The van der Waals surface area contributed by atoms with E-state index in [-0.39, 0.29) is 0 Å². The predicted molar refractivity (Wildman–Crippen MR) is 110 cm³/mol. The summed E-state index contributed by atoms with van der Waals surface area (Å²) >= 11 is 12.1. The molecule has 0 aliphatic rings. The third-order valence-corrected chi connectivity index (χ3v) is 4.37. The molecule has 1 heterocycles. The summed E-state index contributed by atoms with van der Waals surface area (Å²) in [5.41, 5.74) is 2.48. The van der Waals surface area contributed by atoms with Gasteiger partial charge in [-0.2, -0.15) is 0 Å². The predicted octanol–water partition coefficient (Wildman–Crippen LogP) is 5.73. The average Bonchev–Trinajstić information content (AvgIpc) is 2.66. The van der Waals surface area contributed by atoms with Crippen molar-refractivity contribution in [3.05, 3.63) is 70.5 Å². The highest BCUT2D eigenvalue weighted by Crippen LogP contribution is 2.29. The van der Waals surface area contributed by atoms with E-state index in [0.29, 0.717) is 27.4 Å². The third-order valence-electron chi connectivity index (χ3n) is 3.74. The number of nitrogens with one attached hydrogen (secondary N) is 3. The molecule has 2 amide bonds. The molecule has 1 aromatic heterocycles. The van der Waals surface area contributed by atoms with Crippen molar-refractivity contribution in [1.82, 2.24) is 9.97 Å². The van der Waals surface area contributed by atoms with E-state index in [1.54, 1.807) is 24.3 Å². The second-order valence-corrected chi connectivity index (χ2v) is 6.45. The monoisotopic (exact) mass is 401 g/mol. The molecule has 0 aliphatic heterocycles. The minimum absolute atomic E-state index is 0.332. The van der Waals surface area contributed by atoms with E-state index in [4.69, 9.17) is 23.2 Å². The topological polar surface area (TPSA) is 78.9 Å². The van der Waals surface area contributed by atoms with E-state index in [9.17, 15) is 4.79 Å². The van der Waals surface area contributed by atoms with Gasteiger partial charge in [-0.25, -0.2) is 14.8 Å². The quantitative estimate of drug-likeness (QED) is 0.509. The summed E-state index contributed by atoms with van der Waals surface area (Å²) in [5, 5.41) is 9.11. The SMILES string of the molecule is CCc1ccc(Nc2cc(NC(=O)Nc3c(Cl)cccc3Cl)ncn2)cc1. The lowest BCUT2D eigenvalue weighted by atomic mass is 10.1. The van der Waals surface area contributed by atoms with Crippen molar-refractivity contribution in [2.24, 2.45) is 0 Å². The van der Waals surface area contributed by atoms with Crippen LogP contribution in [0.3, 0.4) is 0 Å². The molecule has 0 saturated heterocycles. The Morgan fingerprint density at radius 1 is 0.963 bits per heavy atom. The fraction of sp³-hybridized carbons (Fsp3) is 0.105. The number of aromatic nitrogens is 2. The summed E-state index contributed by atoms with van der Waals surface area (Å²) in [7, 11) is 0. The molecule has 3 rings (SSSR count). The molecular formula is C19H17Cl2N5O. The van der Waals surface area contributed by atoms with Gasteiger partial charge in [0.15, 0.2) is 0 Å². The van der Waals surface area contributed by atoms with Crippen molar-refractivity contribution in [3.8, 4) is 0 Å². The molecule has 0 saturated carbocycles. The van der Waals surface area contributed by atoms with Gasteiger partial charge in [0.05, 0.1) is 15.7 Å². The highest BCUT2D eigenvalue weighted by atomic mass is 35.5. The Labute approximate surface area is 166 Å². The van der Waals surface area contributed by atoms with Crippen LogP contribution in [0.25, 0.3) is 0 Å². The zero-order chi connectivity index (χ0) is 19.2. The normalized spacial score (nSPS) is 10.3. The summed E-state index contributed by atoms with van der Waals surface area (Å²) in [4.78, 5) is 20.4. The van der Waals surface area contributed by atoms with Crippen molar-refractivity contribution in [3.63, 3.8) is 0 Å². The minimum Gasteiger partial charge on any atom is -0.340 e. The number of rotatable bonds is 5. The molecule has 0 atom stereocenters. The Kier molecular flexibility index (Phi) is 6.11. The Bertz CT molecular complexity index is 927. The summed E-state index contributed by atoms with van der Waals surface area (Å²) in [6, 6.07) is 14.1. The molecule has 2 aromatic carbocycles. The molecule has 138 valence electrons. The third kappa shape index (κ3) is 5.09. The van der Waals surface area contributed by atoms with Gasteiger partial charge >= 0.3 is 6.03 Å². The van der Waals surface area contributed by atoms with E-state index >= 15 is 0 Å². The molecule has 0 aliphatic carbocycles. The number of aryl methyl sites for hydroxylation is 1. The number of halogens is 2. The van der Waals surface area contributed by atoms with Crippen molar-refractivity contribution < 1.29 is 4.79 Å². The maximum absolute atomic E-state index is 12.2. The van der Waals surface area contributed by atoms with Crippen molar-refractivity contribution in [2.45, 2.75) is 13.3 Å². The van der Waals surface area contributed by atoms with Crippen LogP contribution in [0.5, 0.6) is 0 Å². The van der Waals surface area contributed by atoms with Gasteiger partial charge < -0.3 is 10.6 Å². The molecule has 0 spiro atoms. The molecule has 27 heavy (non-hydrogen) atoms. The number of hydrogen-bond donors (Lipinski definition) is 3. The maximum Gasteiger partial charge on any atom is 0.324 e. The summed E-state index contributed by atoms with van der Waals surface area (Å²) in [5.74, 6) is 0.888. The second kappa shape index (κ2) is 8.70. The van der Waals surface area contributed by atoms with Crippen LogP contribution < -0.4 is 16.0 Å². The molecule has 0 bridgehead atoms. The number of benzene rings is 2. The van der Waals surface area contributed by atoms with Crippen LogP contribution in [-0.4, -0.2) is 16.0 Å². The van der Waals surface area contributed by atoms with Gasteiger partial charge in [0, 0.05) is 11.8 Å². The minimum atomic E-state index is -0.512. The number of anilines is 4. The molecule has 3 N–H and O–H groups in total. The molecule has 3 aromatic rings. The number of amides is 2. The van der Waals surface area contributed by atoms with Crippen LogP contribution in [0, 0.1) is 0 Å². The van der Waals surface area contributed by atoms with Crippen LogP contribution in [0.2, 0.25) is 10.0 Å². The Balaban J connectivity index is 1.67. The van der Waals surface area contributed by atoms with Gasteiger partial charge in [0.2, 0.25) is 0 Å². The largest absolute Gasteiger partial charge is 0.340 e. The van der Waals surface area contributed by atoms with Crippen molar-refractivity contribution >= 4 is 52.2 Å². The van der Waals surface area contributed by atoms with Gasteiger partial charge in [0.25, 0.3) is 0 Å². The highest BCUT2D eigenvalue weighted by molar-refractivity contribution is 6.39. The number of urea groups is 1. The Morgan fingerprint density at radius 3 is 2.30 bits per heavy atom. The van der Waals surface area contributed by atoms with Crippen LogP contribution in [0.4, 0.5) is 27.8 Å². The standard InChI is InChI=1S/C19H17Cl2N5O/c1-2-12-6-8-13(9-7-12)24-16-10-17(23-11-22-16)25-19(27)26-18-14(20)4-3-5-15(18)21/h3-11H,2H2,1H3,(H3,22,23,24,25,26,27). The van der Waals surface area contributed by atoms with Crippen LogP contribution in [-0.2, 0) is 6.42 Å². The van der Waals surface area contributed by atoms with Crippen LogP contribution >= 0.6 is 23.2 Å². The smallest absolute Gasteiger partial charge is 0.324 e. The number of carbonyl (C=O) groups is 1. The second-order valence-electron chi connectivity index (χ2n) is 5.64. The molecule has 6 nitrogen and oxygen atoms in total. The van der Waals surface area contributed by atoms with Gasteiger partial charge in [-0.1, -0.05) is 48.3 Å². The molecular weight excluding hydrogens is 385 g/mol. The Hall–Kier alpha value is -2.83. The Morgan fingerprint density at radius 2 is 1.63 bits per heavy atom. The lowest BCUT2D eigenvalue weighted by Crippen LogP contribution is -2.20. The van der Waals surface area contributed by atoms with Crippen LogP contribution in [0.1, 0.15) is 12.5 Å². The number of para-hydroxylation sites is 1. The number of nitrogens with zero attached hydrogens (tertiary/aromatic N) is 2. The zero-order valence-electron chi connectivity index (χ0n) is 14.5. The first kappa shape index (κ1) is 18.9. The summed E-state index contributed by atoms with van der Waals surface area (Å²) in [6.45, 7) is 2.10. The number of hydrogen-bond acceptors (Lipinski definition) is 4. The first-order chi connectivity index (χ1) is 13.0. The average molecular weight is 402 g/mol. The fourth-order valence-electron chi connectivity index (χ4n) is 2.34. The zero-order valence-corrected chi connectivity index (χ0v) is 16.0. The fourth-order valence-corrected chi connectivity index (χ4v) is 2.84. The van der Waals surface area contributed by atoms with E-state index in [0.717, 1.165) is 12.1 Å². The van der Waals surface area contributed by atoms with E-state index in [2.05, 4.69) is 32.8 Å². The first-order valence-electron chi connectivity index (χ1n) is 8.25. The van der Waals surface area contributed by atoms with Gasteiger partial charge in [-0.05, 0) is 36.2 Å². The van der Waals surface area contributed by atoms with Gasteiger partial charge in [0.1, 0.15) is 18.0 Å². The van der Waals surface area contributed by atoms with Gasteiger partial charge in [-0.3, -0.25) is 5.32 Å². The molecule has 8 heteroatoms. The molecule has 0 unspecified atom stereocenters.